The van der Waals surface area contributed by atoms with Gasteiger partial charge in [-0.1, -0.05) is 0 Å². The highest BCUT2D eigenvalue weighted by Gasteiger charge is 2.21. The number of hydrogen-bond acceptors (Lipinski definition) is 5. The standard InChI is InChI=1S/C13H16FNO5/c1-13(2,3)20-12(18)15-9-6-8(14)10(16)5-7(9)11(17)19-4/h5-6,16H,1-4H3,(H,15,18). The molecule has 1 amide bonds. The minimum absolute atomic E-state index is 0.151. The van der Waals surface area contributed by atoms with Gasteiger partial charge in [-0.2, -0.15) is 0 Å². The average molecular weight is 285 g/mol. The van der Waals surface area contributed by atoms with Crippen molar-refractivity contribution in [2.24, 2.45) is 0 Å². The molecule has 1 aromatic carbocycles. The number of carbonyl (C=O) groups is 2. The number of halogens is 1. The first kappa shape index (κ1) is 15.7. The first-order valence-corrected chi connectivity index (χ1v) is 5.75. The molecule has 0 saturated heterocycles. The van der Waals surface area contributed by atoms with Gasteiger partial charge in [0.2, 0.25) is 0 Å². The lowest BCUT2D eigenvalue weighted by Crippen LogP contribution is -2.27. The molecule has 0 fully saturated rings. The Kier molecular flexibility index (Phi) is 4.54. The number of ether oxygens (including phenoxy) is 2. The van der Waals surface area contributed by atoms with Crippen LogP contribution in [0, 0.1) is 5.82 Å². The lowest BCUT2D eigenvalue weighted by Gasteiger charge is -2.20. The Morgan fingerprint density at radius 1 is 1.30 bits per heavy atom. The van der Waals surface area contributed by atoms with Gasteiger partial charge in [0, 0.05) is 6.07 Å². The lowest BCUT2D eigenvalue weighted by molar-refractivity contribution is 0.0601. The van der Waals surface area contributed by atoms with Crippen LogP contribution in [0.2, 0.25) is 0 Å². The van der Waals surface area contributed by atoms with Crippen molar-refractivity contribution in [3.8, 4) is 5.75 Å². The Morgan fingerprint density at radius 3 is 2.40 bits per heavy atom. The monoisotopic (exact) mass is 285 g/mol. The van der Waals surface area contributed by atoms with Gasteiger partial charge in [-0.05, 0) is 26.8 Å². The van der Waals surface area contributed by atoms with Crippen LogP contribution in [0.4, 0.5) is 14.9 Å². The topological polar surface area (TPSA) is 84.9 Å². The van der Waals surface area contributed by atoms with Crippen molar-refractivity contribution in [3.05, 3.63) is 23.5 Å². The molecule has 0 aliphatic heterocycles. The van der Waals surface area contributed by atoms with E-state index in [1.54, 1.807) is 20.8 Å². The molecule has 6 nitrogen and oxygen atoms in total. The molecule has 1 rings (SSSR count). The summed E-state index contributed by atoms with van der Waals surface area (Å²) >= 11 is 0. The highest BCUT2D eigenvalue weighted by molar-refractivity contribution is 6.00. The number of nitrogens with one attached hydrogen (secondary N) is 1. The Bertz CT molecular complexity index is 536. The molecular formula is C13H16FNO5. The van der Waals surface area contributed by atoms with Crippen LogP contribution in [-0.4, -0.2) is 29.9 Å². The van der Waals surface area contributed by atoms with Crippen molar-refractivity contribution >= 4 is 17.7 Å². The molecule has 1 aromatic rings. The maximum Gasteiger partial charge on any atom is 0.412 e. The molecule has 0 atom stereocenters. The summed E-state index contributed by atoms with van der Waals surface area (Å²) in [6.45, 7) is 4.97. The van der Waals surface area contributed by atoms with Crippen molar-refractivity contribution in [3.63, 3.8) is 0 Å². The predicted octanol–water partition coefficient (Wildman–Crippen LogP) is 2.66. The van der Waals surface area contributed by atoms with Crippen LogP contribution in [0.15, 0.2) is 12.1 Å². The molecule has 0 aliphatic rings. The van der Waals surface area contributed by atoms with E-state index in [0.29, 0.717) is 0 Å². The third-order valence-electron chi connectivity index (χ3n) is 2.13. The second-order valence-electron chi connectivity index (χ2n) is 4.97. The van der Waals surface area contributed by atoms with E-state index in [1.807, 2.05) is 0 Å². The third kappa shape index (κ3) is 4.11. The number of anilines is 1. The molecule has 0 aliphatic carbocycles. The van der Waals surface area contributed by atoms with Crippen LogP contribution in [-0.2, 0) is 9.47 Å². The van der Waals surface area contributed by atoms with Gasteiger partial charge >= 0.3 is 12.1 Å². The largest absolute Gasteiger partial charge is 0.505 e. The van der Waals surface area contributed by atoms with E-state index in [0.717, 1.165) is 19.2 Å². The normalized spacial score (nSPS) is 10.8. The van der Waals surface area contributed by atoms with Gasteiger partial charge in [0.05, 0.1) is 18.4 Å². The summed E-state index contributed by atoms with van der Waals surface area (Å²) in [5.74, 6) is -2.53. The molecule has 0 heterocycles. The maximum atomic E-state index is 13.3. The number of carbonyl (C=O) groups excluding carboxylic acids is 2. The zero-order chi connectivity index (χ0) is 15.5. The van der Waals surface area contributed by atoms with E-state index in [4.69, 9.17) is 4.74 Å². The van der Waals surface area contributed by atoms with Gasteiger partial charge in [0.25, 0.3) is 0 Å². The molecule has 0 unspecified atom stereocenters. The van der Waals surface area contributed by atoms with E-state index in [1.165, 1.54) is 0 Å². The van der Waals surface area contributed by atoms with Gasteiger partial charge in [0.15, 0.2) is 11.6 Å². The second-order valence-corrected chi connectivity index (χ2v) is 4.97. The SMILES string of the molecule is COC(=O)c1cc(O)c(F)cc1NC(=O)OC(C)(C)C. The molecule has 0 bridgehead atoms. The van der Waals surface area contributed by atoms with Crippen LogP contribution in [0.25, 0.3) is 0 Å². The summed E-state index contributed by atoms with van der Waals surface area (Å²) in [4.78, 5) is 23.1. The molecule has 2 N–H and O–H groups in total. The quantitative estimate of drug-likeness (QED) is 0.644. The van der Waals surface area contributed by atoms with Gasteiger partial charge < -0.3 is 14.6 Å². The van der Waals surface area contributed by atoms with Crippen molar-refractivity contribution in [2.45, 2.75) is 26.4 Å². The maximum absolute atomic E-state index is 13.3. The number of esters is 1. The van der Waals surface area contributed by atoms with Gasteiger partial charge in [-0.15, -0.1) is 0 Å². The number of phenolic OH excluding ortho intramolecular Hbond substituents is 1. The number of benzene rings is 1. The summed E-state index contributed by atoms with van der Waals surface area (Å²) in [5.41, 5.74) is -1.08. The van der Waals surface area contributed by atoms with E-state index in [-0.39, 0.29) is 11.3 Å². The Balaban J connectivity index is 3.07. The minimum atomic E-state index is -0.983. The highest BCUT2D eigenvalue weighted by atomic mass is 19.1. The fourth-order valence-corrected chi connectivity index (χ4v) is 1.36. The van der Waals surface area contributed by atoms with E-state index >= 15 is 0 Å². The summed E-state index contributed by atoms with van der Waals surface area (Å²) in [6.07, 6.45) is -0.854. The van der Waals surface area contributed by atoms with Gasteiger partial charge in [-0.25, -0.2) is 14.0 Å². The molecule has 0 aromatic heterocycles. The fraction of sp³-hybridized carbons (Fsp3) is 0.385. The number of hydrogen-bond donors (Lipinski definition) is 2. The van der Waals surface area contributed by atoms with Crippen LogP contribution < -0.4 is 5.32 Å². The summed E-state index contributed by atoms with van der Waals surface area (Å²) in [7, 11) is 1.12. The van der Waals surface area contributed by atoms with Crippen molar-refractivity contribution in [2.75, 3.05) is 12.4 Å². The Labute approximate surface area is 115 Å². The van der Waals surface area contributed by atoms with Crippen LogP contribution in [0.5, 0.6) is 5.75 Å². The number of aromatic hydroxyl groups is 1. The number of amides is 1. The number of rotatable bonds is 2. The molecule has 0 saturated carbocycles. The van der Waals surface area contributed by atoms with Gasteiger partial charge in [0.1, 0.15) is 5.60 Å². The van der Waals surface area contributed by atoms with Crippen LogP contribution in [0.3, 0.4) is 0 Å². The number of methoxy groups -OCH3 is 1. The summed E-state index contributed by atoms with van der Waals surface area (Å²) in [5, 5.41) is 11.5. The van der Waals surface area contributed by atoms with Crippen LogP contribution >= 0.6 is 0 Å². The van der Waals surface area contributed by atoms with Gasteiger partial charge in [-0.3, -0.25) is 5.32 Å². The Morgan fingerprint density at radius 2 is 1.90 bits per heavy atom. The molecule has 0 radical (unpaired) electrons. The van der Waals surface area contributed by atoms with E-state index in [9.17, 15) is 19.1 Å². The smallest absolute Gasteiger partial charge is 0.412 e. The highest BCUT2D eigenvalue weighted by Crippen LogP contribution is 2.26. The van der Waals surface area contributed by atoms with Crippen molar-refractivity contribution < 1.29 is 28.6 Å². The first-order chi connectivity index (χ1) is 9.14. The summed E-state index contributed by atoms with van der Waals surface area (Å²) in [6, 6.07) is 1.68. The first-order valence-electron chi connectivity index (χ1n) is 5.75. The number of phenols is 1. The van der Waals surface area contributed by atoms with Crippen LogP contribution in [0.1, 0.15) is 31.1 Å². The van der Waals surface area contributed by atoms with E-state index < -0.39 is 29.2 Å². The molecule has 20 heavy (non-hydrogen) atoms. The predicted molar refractivity (Wildman–Crippen MR) is 69.3 cm³/mol. The van der Waals surface area contributed by atoms with E-state index in [2.05, 4.69) is 10.1 Å². The molecular weight excluding hydrogens is 269 g/mol. The molecule has 110 valence electrons. The average Bonchev–Trinajstić information content (AvgIpc) is 2.30. The zero-order valence-corrected chi connectivity index (χ0v) is 11.6. The van der Waals surface area contributed by atoms with Crippen molar-refractivity contribution in [1.29, 1.82) is 0 Å². The molecule has 0 spiro atoms. The summed E-state index contributed by atoms with van der Waals surface area (Å²) < 4.78 is 22.8. The Hall–Kier alpha value is -2.31. The second kappa shape index (κ2) is 5.77. The third-order valence-corrected chi connectivity index (χ3v) is 2.13. The molecule has 7 heteroatoms. The lowest BCUT2D eigenvalue weighted by atomic mass is 10.1. The zero-order valence-electron chi connectivity index (χ0n) is 11.6. The minimum Gasteiger partial charge on any atom is -0.505 e. The fourth-order valence-electron chi connectivity index (χ4n) is 1.36. The van der Waals surface area contributed by atoms with Crippen molar-refractivity contribution in [1.82, 2.24) is 0 Å².